The van der Waals surface area contributed by atoms with Crippen LogP contribution in [0.5, 0.6) is 0 Å². The monoisotopic (exact) mass is 382 g/mol. The van der Waals surface area contributed by atoms with E-state index in [9.17, 15) is 0 Å². The molecule has 0 bridgehead atoms. The molecular formula is C15H16Br2N2. The number of nitrogens with zero attached hydrogens (tertiary/aromatic N) is 1. The second kappa shape index (κ2) is 7.17. The van der Waals surface area contributed by atoms with E-state index < -0.39 is 0 Å². The van der Waals surface area contributed by atoms with Gasteiger partial charge >= 0.3 is 0 Å². The highest BCUT2D eigenvalue weighted by Gasteiger charge is 2.06. The van der Waals surface area contributed by atoms with Gasteiger partial charge < -0.3 is 5.32 Å². The third-order valence-electron chi connectivity index (χ3n) is 2.89. The maximum Gasteiger partial charge on any atom is 0.0684 e. The molecule has 0 aliphatic heterocycles. The Kier molecular flexibility index (Phi) is 5.55. The minimum absolute atomic E-state index is 0.416. The van der Waals surface area contributed by atoms with Crippen molar-refractivity contribution in [2.75, 3.05) is 0 Å². The Hall–Kier alpha value is -0.710. The first-order valence-corrected chi connectivity index (χ1v) is 7.81. The highest BCUT2D eigenvalue weighted by molar-refractivity contribution is 9.11. The van der Waals surface area contributed by atoms with Gasteiger partial charge in [0.05, 0.1) is 5.69 Å². The van der Waals surface area contributed by atoms with Gasteiger partial charge in [-0.05, 0) is 56.8 Å². The summed E-state index contributed by atoms with van der Waals surface area (Å²) in [6.45, 7) is 2.96. The number of rotatable bonds is 5. The molecule has 0 saturated carbocycles. The van der Waals surface area contributed by atoms with Crippen molar-refractivity contribution in [1.82, 2.24) is 10.3 Å². The number of hydrogen-bond acceptors (Lipinski definition) is 2. The van der Waals surface area contributed by atoms with Crippen LogP contribution in [-0.2, 0) is 13.0 Å². The van der Waals surface area contributed by atoms with Crippen molar-refractivity contribution < 1.29 is 0 Å². The maximum absolute atomic E-state index is 4.40. The second-order valence-corrected chi connectivity index (χ2v) is 6.32. The first-order chi connectivity index (χ1) is 9.15. The lowest BCUT2D eigenvalue weighted by Crippen LogP contribution is -2.28. The first-order valence-electron chi connectivity index (χ1n) is 6.22. The average Bonchev–Trinajstić information content (AvgIpc) is 2.39. The summed E-state index contributed by atoms with van der Waals surface area (Å²) < 4.78 is 2.02. The predicted molar refractivity (Wildman–Crippen MR) is 86.1 cm³/mol. The summed E-state index contributed by atoms with van der Waals surface area (Å²) in [5.74, 6) is 0. The van der Waals surface area contributed by atoms with Crippen LogP contribution in [0.15, 0.2) is 51.5 Å². The van der Waals surface area contributed by atoms with Gasteiger partial charge in [0.2, 0.25) is 0 Å². The highest BCUT2D eigenvalue weighted by atomic mass is 79.9. The molecule has 100 valence electrons. The Labute approximate surface area is 130 Å². The van der Waals surface area contributed by atoms with E-state index in [2.05, 4.69) is 73.3 Å². The molecular weight excluding hydrogens is 368 g/mol. The van der Waals surface area contributed by atoms with Crippen molar-refractivity contribution in [1.29, 1.82) is 0 Å². The van der Waals surface area contributed by atoms with E-state index in [1.54, 1.807) is 0 Å². The molecule has 1 atom stereocenters. The van der Waals surface area contributed by atoms with Crippen LogP contribution in [-0.4, -0.2) is 11.0 Å². The molecule has 2 aromatic rings. The third kappa shape index (κ3) is 4.71. The van der Waals surface area contributed by atoms with Crippen LogP contribution in [0, 0.1) is 0 Å². The molecule has 0 saturated heterocycles. The van der Waals surface area contributed by atoms with Gasteiger partial charge in [-0.2, -0.15) is 0 Å². The summed E-state index contributed by atoms with van der Waals surface area (Å²) in [6.07, 6.45) is 2.85. The van der Waals surface area contributed by atoms with Crippen molar-refractivity contribution in [2.45, 2.75) is 25.9 Å². The fourth-order valence-corrected chi connectivity index (χ4v) is 3.01. The number of hydrogen-bond donors (Lipinski definition) is 1. The molecule has 2 rings (SSSR count). The summed E-state index contributed by atoms with van der Waals surface area (Å²) in [6, 6.07) is 13.0. The normalized spacial score (nSPS) is 12.4. The topological polar surface area (TPSA) is 24.9 Å². The lowest BCUT2D eigenvalue weighted by Gasteiger charge is -2.14. The summed E-state index contributed by atoms with van der Waals surface area (Å²) in [5.41, 5.74) is 2.38. The van der Waals surface area contributed by atoms with Gasteiger partial charge in [0.1, 0.15) is 0 Å². The molecule has 0 spiro atoms. The average molecular weight is 384 g/mol. The van der Waals surface area contributed by atoms with E-state index in [0.29, 0.717) is 6.04 Å². The van der Waals surface area contributed by atoms with Crippen molar-refractivity contribution in [3.8, 4) is 0 Å². The molecule has 2 nitrogen and oxygen atoms in total. The lowest BCUT2D eigenvalue weighted by molar-refractivity contribution is 0.539. The minimum Gasteiger partial charge on any atom is -0.308 e. The Balaban J connectivity index is 1.88. The quantitative estimate of drug-likeness (QED) is 0.831. The molecule has 0 amide bonds. The standard InChI is InChI=1S/C15H16Br2N2/c1-11(7-12-5-3-2-4-6-12)18-10-15-14(17)8-13(16)9-19-15/h2-6,8-9,11,18H,7,10H2,1H3. The van der Waals surface area contributed by atoms with Gasteiger partial charge in [0.15, 0.2) is 0 Å². The predicted octanol–water partition coefficient (Wildman–Crippen LogP) is 4.33. The summed E-state index contributed by atoms with van der Waals surface area (Å²) in [4.78, 5) is 4.40. The smallest absolute Gasteiger partial charge is 0.0684 e. The van der Waals surface area contributed by atoms with Crippen molar-refractivity contribution >= 4 is 31.9 Å². The number of benzene rings is 1. The Morgan fingerprint density at radius 3 is 2.63 bits per heavy atom. The summed E-state index contributed by atoms with van der Waals surface area (Å²) in [7, 11) is 0. The van der Waals surface area contributed by atoms with E-state index >= 15 is 0 Å². The van der Waals surface area contributed by atoms with Gasteiger partial charge in [-0.1, -0.05) is 30.3 Å². The Bertz CT molecular complexity index is 529. The molecule has 1 unspecified atom stereocenters. The van der Waals surface area contributed by atoms with Crippen LogP contribution in [0.1, 0.15) is 18.2 Å². The van der Waals surface area contributed by atoms with Crippen LogP contribution in [0.2, 0.25) is 0 Å². The van der Waals surface area contributed by atoms with Crippen LogP contribution >= 0.6 is 31.9 Å². The van der Waals surface area contributed by atoms with Crippen LogP contribution < -0.4 is 5.32 Å². The van der Waals surface area contributed by atoms with Crippen molar-refractivity contribution in [2.24, 2.45) is 0 Å². The summed E-state index contributed by atoms with van der Waals surface area (Å²) >= 11 is 6.94. The second-order valence-electron chi connectivity index (χ2n) is 4.55. The van der Waals surface area contributed by atoms with Crippen molar-refractivity contribution in [3.63, 3.8) is 0 Å². The number of halogens is 2. The van der Waals surface area contributed by atoms with Gasteiger partial charge in [0.25, 0.3) is 0 Å². The molecule has 1 heterocycles. The van der Waals surface area contributed by atoms with Crippen molar-refractivity contribution in [3.05, 3.63) is 62.8 Å². The number of nitrogens with one attached hydrogen (secondary N) is 1. The largest absolute Gasteiger partial charge is 0.308 e. The van der Waals surface area contributed by atoms with Crippen LogP contribution in [0.3, 0.4) is 0 Å². The molecule has 1 aromatic carbocycles. The van der Waals surface area contributed by atoms with Gasteiger partial charge in [0, 0.05) is 27.7 Å². The van der Waals surface area contributed by atoms with E-state index in [4.69, 9.17) is 0 Å². The number of pyridine rings is 1. The lowest BCUT2D eigenvalue weighted by atomic mass is 10.1. The first kappa shape index (κ1) is 14.7. The third-order valence-corrected chi connectivity index (χ3v) is 4.01. The SMILES string of the molecule is CC(Cc1ccccc1)NCc1ncc(Br)cc1Br. The fourth-order valence-electron chi connectivity index (χ4n) is 1.88. The van der Waals surface area contributed by atoms with E-state index in [0.717, 1.165) is 27.6 Å². The molecule has 4 heteroatoms. The highest BCUT2D eigenvalue weighted by Crippen LogP contribution is 2.19. The molecule has 1 N–H and O–H groups in total. The fraction of sp³-hybridized carbons (Fsp3) is 0.267. The Morgan fingerprint density at radius 2 is 1.95 bits per heavy atom. The molecule has 0 radical (unpaired) electrons. The number of aromatic nitrogens is 1. The molecule has 0 fully saturated rings. The summed E-state index contributed by atoms with van der Waals surface area (Å²) in [5, 5.41) is 3.50. The zero-order valence-electron chi connectivity index (χ0n) is 10.7. The molecule has 0 aliphatic rings. The van der Waals surface area contributed by atoms with E-state index in [-0.39, 0.29) is 0 Å². The minimum atomic E-state index is 0.416. The maximum atomic E-state index is 4.40. The molecule has 19 heavy (non-hydrogen) atoms. The van der Waals surface area contributed by atoms with Crippen LogP contribution in [0.25, 0.3) is 0 Å². The van der Waals surface area contributed by atoms with Gasteiger partial charge in [-0.15, -0.1) is 0 Å². The zero-order chi connectivity index (χ0) is 13.7. The van der Waals surface area contributed by atoms with E-state index in [1.165, 1.54) is 5.56 Å². The molecule has 0 aliphatic carbocycles. The van der Waals surface area contributed by atoms with Gasteiger partial charge in [-0.3, -0.25) is 4.98 Å². The van der Waals surface area contributed by atoms with Crippen LogP contribution in [0.4, 0.5) is 0 Å². The van der Waals surface area contributed by atoms with E-state index in [1.807, 2.05) is 18.3 Å². The van der Waals surface area contributed by atoms with Gasteiger partial charge in [-0.25, -0.2) is 0 Å². The zero-order valence-corrected chi connectivity index (χ0v) is 13.9. The molecule has 1 aromatic heterocycles. The Morgan fingerprint density at radius 1 is 1.21 bits per heavy atom.